The van der Waals surface area contributed by atoms with Gasteiger partial charge in [0, 0.05) is 6.54 Å². The van der Waals surface area contributed by atoms with Crippen LogP contribution in [0, 0.1) is 0 Å². The molecule has 1 spiro atoms. The second-order valence-corrected chi connectivity index (χ2v) is 2.83. The van der Waals surface area contributed by atoms with Gasteiger partial charge in [0.2, 0.25) is 0 Å². The molecule has 0 aromatic heterocycles. The van der Waals surface area contributed by atoms with Gasteiger partial charge < -0.3 is 10.1 Å². The van der Waals surface area contributed by atoms with Crippen molar-refractivity contribution in [3.05, 3.63) is 12.2 Å². The van der Waals surface area contributed by atoms with E-state index < -0.39 is 0 Å². The number of hydrogen-bond donors (Lipinski definition) is 1. The maximum absolute atomic E-state index is 5.12. The van der Waals surface area contributed by atoms with Crippen LogP contribution in [0.4, 0.5) is 0 Å². The Hall–Kier alpha value is -0.340. The second-order valence-electron chi connectivity index (χ2n) is 2.83. The van der Waals surface area contributed by atoms with Gasteiger partial charge in [-0.05, 0) is 6.42 Å². The number of rotatable bonds is 0. The highest BCUT2D eigenvalue weighted by atomic mass is 16.5. The van der Waals surface area contributed by atoms with E-state index in [0.717, 1.165) is 26.2 Å². The first kappa shape index (κ1) is 5.45. The lowest BCUT2D eigenvalue weighted by atomic mass is 9.91. The van der Waals surface area contributed by atoms with Crippen molar-refractivity contribution in [1.82, 2.24) is 5.32 Å². The molecule has 0 unspecified atom stereocenters. The Kier molecular flexibility index (Phi) is 1.10. The summed E-state index contributed by atoms with van der Waals surface area (Å²) in [5.74, 6) is 0. The maximum atomic E-state index is 5.12. The average molecular weight is 125 g/mol. The highest BCUT2D eigenvalue weighted by Crippen LogP contribution is 2.23. The smallest absolute Gasteiger partial charge is 0.0690 e. The van der Waals surface area contributed by atoms with Crippen LogP contribution in [0.3, 0.4) is 0 Å². The zero-order chi connectivity index (χ0) is 6.16. The molecule has 2 aliphatic heterocycles. The summed E-state index contributed by atoms with van der Waals surface area (Å²) in [7, 11) is 0. The normalized spacial score (nSPS) is 30.2. The zero-order valence-electron chi connectivity index (χ0n) is 5.39. The van der Waals surface area contributed by atoms with Gasteiger partial charge in [-0.1, -0.05) is 12.2 Å². The van der Waals surface area contributed by atoms with Crippen LogP contribution >= 0.6 is 0 Å². The number of nitrogens with one attached hydrogen (secondary N) is 1. The number of hydrogen-bond acceptors (Lipinski definition) is 2. The average Bonchev–Trinajstić information content (AvgIpc) is 1.87. The molecule has 2 aliphatic rings. The van der Waals surface area contributed by atoms with Gasteiger partial charge in [0.15, 0.2) is 0 Å². The van der Waals surface area contributed by atoms with E-state index in [1.807, 2.05) is 0 Å². The summed E-state index contributed by atoms with van der Waals surface area (Å²) in [5, 5.41) is 3.42. The Balaban J connectivity index is 2.04. The molecule has 0 radical (unpaired) electrons. The summed E-state index contributed by atoms with van der Waals surface area (Å²) in [4.78, 5) is 0. The van der Waals surface area contributed by atoms with Crippen LogP contribution in [-0.4, -0.2) is 25.3 Å². The van der Waals surface area contributed by atoms with Crippen molar-refractivity contribution in [1.29, 1.82) is 0 Å². The molecule has 0 saturated carbocycles. The van der Waals surface area contributed by atoms with Crippen molar-refractivity contribution in [3.8, 4) is 0 Å². The summed E-state index contributed by atoms with van der Waals surface area (Å²) >= 11 is 0. The Morgan fingerprint density at radius 3 is 2.56 bits per heavy atom. The summed E-state index contributed by atoms with van der Waals surface area (Å²) < 4.78 is 5.12. The molecule has 1 N–H and O–H groups in total. The largest absolute Gasteiger partial charge is 0.377 e. The third kappa shape index (κ3) is 0.787. The fraction of sp³-hybridized carbons (Fsp3) is 0.714. The van der Waals surface area contributed by atoms with E-state index in [1.165, 1.54) is 0 Å². The minimum Gasteiger partial charge on any atom is -0.377 e. The predicted molar refractivity (Wildman–Crippen MR) is 35.3 cm³/mol. The van der Waals surface area contributed by atoms with E-state index >= 15 is 0 Å². The fourth-order valence-corrected chi connectivity index (χ4v) is 1.31. The Labute approximate surface area is 54.9 Å². The minimum absolute atomic E-state index is 0.342. The molecule has 2 heteroatoms. The van der Waals surface area contributed by atoms with Crippen molar-refractivity contribution in [2.45, 2.75) is 12.0 Å². The van der Waals surface area contributed by atoms with Crippen molar-refractivity contribution in [3.63, 3.8) is 0 Å². The Bertz CT molecular complexity index is 138. The Morgan fingerprint density at radius 1 is 1.33 bits per heavy atom. The molecule has 50 valence electrons. The van der Waals surface area contributed by atoms with Crippen molar-refractivity contribution >= 4 is 0 Å². The van der Waals surface area contributed by atoms with Crippen LogP contribution in [0.2, 0.25) is 0 Å². The third-order valence-electron chi connectivity index (χ3n) is 2.03. The zero-order valence-corrected chi connectivity index (χ0v) is 5.39. The van der Waals surface area contributed by atoms with Crippen LogP contribution in [-0.2, 0) is 4.74 Å². The van der Waals surface area contributed by atoms with E-state index in [2.05, 4.69) is 17.5 Å². The highest BCUT2D eigenvalue weighted by Gasteiger charge is 2.37. The van der Waals surface area contributed by atoms with Crippen LogP contribution in [0.5, 0.6) is 0 Å². The molecule has 0 bridgehead atoms. The first-order valence-corrected chi connectivity index (χ1v) is 3.39. The molecule has 2 nitrogen and oxygen atoms in total. The molecule has 0 atom stereocenters. The first-order chi connectivity index (χ1) is 4.41. The van der Waals surface area contributed by atoms with E-state index in [1.54, 1.807) is 0 Å². The van der Waals surface area contributed by atoms with E-state index in [0.29, 0.717) is 5.54 Å². The minimum atomic E-state index is 0.342. The second kappa shape index (κ2) is 1.82. The van der Waals surface area contributed by atoms with Crippen LogP contribution in [0.15, 0.2) is 12.2 Å². The van der Waals surface area contributed by atoms with Gasteiger partial charge in [-0.2, -0.15) is 0 Å². The molecule has 0 aromatic rings. The lowest BCUT2D eigenvalue weighted by molar-refractivity contribution is -0.0727. The molecular weight excluding hydrogens is 114 g/mol. The molecule has 0 aromatic carbocycles. The molecule has 2 rings (SSSR count). The van der Waals surface area contributed by atoms with Gasteiger partial charge in [0.25, 0.3) is 0 Å². The molecule has 2 heterocycles. The van der Waals surface area contributed by atoms with Crippen molar-refractivity contribution < 1.29 is 4.74 Å². The summed E-state index contributed by atoms with van der Waals surface area (Å²) in [6, 6.07) is 0. The monoisotopic (exact) mass is 125 g/mol. The first-order valence-electron chi connectivity index (χ1n) is 3.39. The van der Waals surface area contributed by atoms with Gasteiger partial charge in [-0.15, -0.1) is 0 Å². The summed E-state index contributed by atoms with van der Waals surface area (Å²) in [5.41, 5.74) is 0.342. The van der Waals surface area contributed by atoms with Crippen molar-refractivity contribution in [2.75, 3.05) is 19.8 Å². The SMILES string of the molecule is C1=CCC2(COC2)NC1. The predicted octanol–water partition coefficient (Wildman–Crippen LogP) is 0.305. The Morgan fingerprint density at radius 2 is 2.22 bits per heavy atom. The van der Waals surface area contributed by atoms with Crippen LogP contribution < -0.4 is 5.32 Å². The molecule has 0 amide bonds. The van der Waals surface area contributed by atoms with Gasteiger partial charge in [0.1, 0.15) is 0 Å². The fourth-order valence-electron chi connectivity index (χ4n) is 1.31. The third-order valence-corrected chi connectivity index (χ3v) is 2.03. The number of ether oxygens (including phenoxy) is 1. The van der Waals surface area contributed by atoms with E-state index in [4.69, 9.17) is 4.74 Å². The van der Waals surface area contributed by atoms with Crippen LogP contribution in [0.25, 0.3) is 0 Å². The van der Waals surface area contributed by atoms with E-state index in [9.17, 15) is 0 Å². The standard InChI is InChI=1S/C7H11NO/c1-2-4-8-7(3-1)5-9-6-7/h1-2,8H,3-6H2. The topological polar surface area (TPSA) is 21.3 Å². The summed E-state index contributed by atoms with van der Waals surface area (Å²) in [6.45, 7) is 2.82. The van der Waals surface area contributed by atoms with Gasteiger partial charge in [0.05, 0.1) is 18.8 Å². The highest BCUT2D eigenvalue weighted by molar-refractivity contribution is 5.06. The molecule has 1 fully saturated rings. The van der Waals surface area contributed by atoms with Gasteiger partial charge in [-0.25, -0.2) is 0 Å². The van der Waals surface area contributed by atoms with Gasteiger partial charge in [-0.3, -0.25) is 0 Å². The lowest BCUT2D eigenvalue weighted by Crippen LogP contribution is -2.61. The van der Waals surface area contributed by atoms with Crippen LogP contribution in [0.1, 0.15) is 6.42 Å². The van der Waals surface area contributed by atoms with Gasteiger partial charge >= 0.3 is 0 Å². The molecule has 9 heavy (non-hydrogen) atoms. The lowest BCUT2D eigenvalue weighted by Gasteiger charge is -2.43. The maximum Gasteiger partial charge on any atom is 0.0690 e. The van der Waals surface area contributed by atoms with Crippen molar-refractivity contribution in [2.24, 2.45) is 0 Å². The molecular formula is C7H11NO. The summed E-state index contributed by atoms with van der Waals surface area (Å²) in [6.07, 6.45) is 5.55. The van der Waals surface area contributed by atoms with E-state index in [-0.39, 0.29) is 0 Å². The molecule has 1 saturated heterocycles. The molecule has 0 aliphatic carbocycles. The quantitative estimate of drug-likeness (QED) is 0.470.